The van der Waals surface area contributed by atoms with Crippen molar-refractivity contribution in [1.82, 2.24) is 9.67 Å². The highest BCUT2D eigenvalue weighted by Crippen LogP contribution is 2.25. The summed E-state index contributed by atoms with van der Waals surface area (Å²) in [6.45, 7) is 0. The maximum atomic E-state index is 13.3. The number of fused-ring (bicyclic) bond motifs is 4. The summed E-state index contributed by atoms with van der Waals surface area (Å²) < 4.78 is 28.0. The van der Waals surface area contributed by atoms with Crippen LogP contribution in [0.4, 0.5) is 8.78 Å². The lowest BCUT2D eigenvalue weighted by molar-refractivity contribution is -0.559. The summed E-state index contributed by atoms with van der Waals surface area (Å²) in [5, 5.41) is 0. The molecule has 1 aliphatic rings. The standard InChI is InChI=1S/C14H6F2N3O2/c15-8-5-10-12(6-9(8)16)19(21)18-11-4-2-1-3-7(11)13(20)14(18)17-10/h1-6H/q+1. The first kappa shape index (κ1) is 11.8. The smallest absolute Gasteiger partial charge is 0.285 e. The van der Waals surface area contributed by atoms with Gasteiger partial charge in [0.2, 0.25) is 11.6 Å². The minimum atomic E-state index is -1.15. The van der Waals surface area contributed by atoms with Crippen LogP contribution in [-0.4, -0.2) is 15.4 Å². The third kappa shape index (κ3) is 1.42. The third-order valence-electron chi connectivity index (χ3n) is 3.41. The minimum absolute atomic E-state index is 0.0729. The van der Waals surface area contributed by atoms with Crippen LogP contribution in [0.3, 0.4) is 0 Å². The number of para-hydroxylation sites is 1. The molecule has 0 spiro atoms. The molecule has 2 heterocycles. The van der Waals surface area contributed by atoms with Crippen LogP contribution in [0.15, 0.2) is 36.4 Å². The van der Waals surface area contributed by atoms with E-state index in [2.05, 4.69) is 4.98 Å². The molecule has 102 valence electrons. The van der Waals surface area contributed by atoms with Crippen molar-refractivity contribution in [3.05, 3.63) is 64.3 Å². The van der Waals surface area contributed by atoms with Gasteiger partial charge in [0.25, 0.3) is 0 Å². The van der Waals surface area contributed by atoms with Gasteiger partial charge in [-0.2, -0.15) is 0 Å². The number of rotatable bonds is 0. The zero-order valence-corrected chi connectivity index (χ0v) is 10.4. The van der Waals surface area contributed by atoms with Crippen molar-refractivity contribution >= 4 is 16.8 Å². The molecule has 0 unspecified atom stereocenters. The van der Waals surface area contributed by atoms with Gasteiger partial charge in [0.1, 0.15) is 11.2 Å². The Hall–Kier alpha value is -2.96. The zero-order valence-electron chi connectivity index (χ0n) is 10.4. The predicted octanol–water partition coefficient (Wildman–Crippen LogP) is 1.76. The average Bonchev–Trinajstić information content (AvgIpc) is 2.76. The van der Waals surface area contributed by atoms with Crippen molar-refractivity contribution in [3.63, 3.8) is 0 Å². The molecule has 0 amide bonds. The topological polar surface area (TPSA) is 57.9 Å². The van der Waals surface area contributed by atoms with Crippen LogP contribution in [-0.2, 0) is 0 Å². The largest absolute Gasteiger partial charge is 0.321 e. The highest BCUT2D eigenvalue weighted by atomic mass is 19.2. The Bertz CT molecular complexity index is 1010. The van der Waals surface area contributed by atoms with Crippen LogP contribution in [0, 0.1) is 16.5 Å². The average molecular weight is 286 g/mol. The van der Waals surface area contributed by atoms with Gasteiger partial charge in [-0.3, -0.25) is 4.79 Å². The van der Waals surface area contributed by atoms with Gasteiger partial charge in [0.05, 0.1) is 16.5 Å². The normalized spacial score (nSPS) is 12.6. The molecule has 21 heavy (non-hydrogen) atoms. The molecule has 0 radical (unpaired) electrons. The fraction of sp³-hybridized carbons (Fsp3) is 0. The van der Waals surface area contributed by atoms with Crippen LogP contribution in [0.5, 0.6) is 0 Å². The van der Waals surface area contributed by atoms with Gasteiger partial charge < -0.3 is 0 Å². The lowest BCUT2D eigenvalue weighted by atomic mass is 10.1. The van der Waals surface area contributed by atoms with E-state index in [0.717, 1.165) is 16.8 Å². The maximum Gasteiger partial charge on any atom is 0.321 e. The second-order valence-electron chi connectivity index (χ2n) is 4.62. The number of aromatic nitrogens is 3. The molecule has 7 heteroatoms. The first-order chi connectivity index (χ1) is 10.1. The van der Waals surface area contributed by atoms with E-state index in [-0.39, 0.29) is 16.9 Å². The summed E-state index contributed by atoms with van der Waals surface area (Å²) in [5.74, 6) is -2.82. The van der Waals surface area contributed by atoms with Crippen molar-refractivity contribution in [1.29, 1.82) is 0 Å². The Morgan fingerprint density at radius 2 is 1.81 bits per heavy atom. The molecule has 4 rings (SSSR count). The van der Waals surface area contributed by atoms with E-state index in [4.69, 9.17) is 0 Å². The lowest BCUT2D eigenvalue weighted by Crippen LogP contribution is -2.32. The number of carbonyl (C=O) groups excluding carboxylic acids is 1. The van der Waals surface area contributed by atoms with Crippen molar-refractivity contribution in [3.8, 4) is 5.69 Å². The molecule has 0 aliphatic carbocycles. The highest BCUT2D eigenvalue weighted by Gasteiger charge is 2.35. The van der Waals surface area contributed by atoms with E-state index in [1.165, 1.54) is 0 Å². The molecule has 1 aliphatic heterocycles. The van der Waals surface area contributed by atoms with Crippen molar-refractivity contribution in [2.24, 2.45) is 0 Å². The van der Waals surface area contributed by atoms with Crippen LogP contribution in [0.25, 0.3) is 16.7 Å². The Morgan fingerprint density at radius 3 is 2.62 bits per heavy atom. The van der Waals surface area contributed by atoms with Gasteiger partial charge >= 0.3 is 5.52 Å². The van der Waals surface area contributed by atoms with Gasteiger partial charge in [-0.25, -0.2) is 13.8 Å². The molecule has 1 aromatic heterocycles. The van der Waals surface area contributed by atoms with E-state index >= 15 is 0 Å². The maximum absolute atomic E-state index is 13.3. The number of hydrogen-bond acceptors (Lipinski definition) is 3. The molecular formula is C14H6F2N3O2+. The van der Waals surface area contributed by atoms with Crippen molar-refractivity contribution < 1.29 is 18.1 Å². The Morgan fingerprint density at radius 1 is 1.10 bits per heavy atom. The first-order valence-electron chi connectivity index (χ1n) is 6.06. The molecule has 0 saturated heterocycles. The van der Waals surface area contributed by atoms with Crippen LogP contribution in [0.1, 0.15) is 16.2 Å². The highest BCUT2D eigenvalue weighted by molar-refractivity contribution is 6.12. The minimum Gasteiger partial charge on any atom is -0.285 e. The summed E-state index contributed by atoms with van der Waals surface area (Å²) in [5.41, 5.74) is 0.468. The van der Waals surface area contributed by atoms with Crippen LogP contribution in [0.2, 0.25) is 0 Å². The van der Waals surface area contributed by atoms with E-state index in [0.29, 0.717) is 15.8 Å². The number of halogens is 2. The lowest BCUT2D eigenvalue weighted by Gasteiger charge is -1.97. The Balaban J connectivity index is 2.20. The van der Waals surface area contributed by atoms with Gasteiger partial charge in [-0.05, 0) is 16.8 Å². The fourth-order valence-electron chi connectivity index (χ4n) is 2.45. The van der Waals surface area contributed by atoms with E-state index in [1.54, 1.807) is 24.3 Å². The second kappa shape index (κ2) is 3.78. The first-order valence-corrected chi connectivity index (χ1v) is 6.06. The van der Waals surface area contributed by atoms with E-state index < -0.39 is 17.4 Å². The van der Waals surface area contributed by atoms with Gasteiger partial charge in [-0.15, -0.1) is 0 Å². The molecule has 0 bridgehead atoms. The summed E-state index contributed by atoms with van der Waals surface area (Å²) >= 11 is 0. The SMILES string of the molecule is O=C1c2ccccc2-n2c1nc1cc(F)c(F)cc1[n+]2=O. The number of benzene rings is 2. The van der Waals surface area contributed by atoms with Gasteiger partial charge in [0, 0.05) is 6.07 Å². The molecular weight excluding hydrogens is 280 g/mol. The summed E-state index contributed by atoms with van der Waals surface area (Å²) in [6, 6.07) is 8.06. The number of ketones is 1. The summed E-state index contributed by atoms with van der Waals surface area (Å²) in [6.07, 6.45) is 0. The number of nitrogens with zero attached hydrogens (tertiary/aromatic N) is 3. The van der Waals surface area contributed by atoms with E-state index in [1.807, 2.05) is 0 Å². The van der Waals surface area contributed by atoms with Crippen molar-refractivity contribution in [2.45, 2.75) is 0 Å². The molecule has 0 atom stereocenters. The fourth-order valence-corrected chi connectivity index (χ4v) is 2.45. The molecule has 0 saturated carbocycles. The summed E-state index contributed by atoms with van der Waals surface area (Å²) in [4.78, 5) is 28.6. The monoisotopic (exact) mass is 286 g/mol. The van der Waals surface area contributed by atoms with E-state index in [9.17, 15) is 18.5 Å². The molecule has 3 aromatic rings. The quantitative estimate of drug-likeness (QED) is 0.463. The van der Waals surface area contributed by atoms with Gasteiger partial charge in [-0.1, -0.05) is 12.1 Å². The zero-order chi connectivity index (χ0) is 14.7. The molecule has 5 nitrogen and oxygen atoms in total. The van der Waals surface area contributed by atoms with Crippen LogP contribution < -0.4 is 4.54 Å². The number of hydrogen-bond donors (Lipinski definition) is 0. The molecule has 0 N–H and O–H groups in total. The Labute approximate surface area is 115 Å². The van der Waals surface area contributed by atoms with Gasteiger partial charge in [0.15, 0.2) is 16.2 Å². The Kier molecular flexibility index (Phi) is 2.13. The second-order valence-corrected chi connectivity index (χ2v) is 4.62. The predicted molar refractivity (Wildman–Crippen MR) is 67.8 cm³/mol. The van der Waals surface area contributed by atoms with Crippen molar-refractivity contribution in [2.75, 3.05) is 0 Å². The number of carbonyl (C=O) groups is 1. The summed E-state index contributed by atoms with van der Waals surface area (Å²) in [7, 11) is 0. The third-order valence-corrected chi connectivity index (χ3v) is 3.41. The van der Waals surface area contributed by atoms with Crippen LogP contribution >= 0.6 is 0 Å². The molecule has 2 aromatic carbocycles. The molecule has 0 fully saturated rings.